The van der Waals surface area contributed by atoms with Crippen LogP contribution in [0.25, 0.3) is 11.6 Å². The van der Waals surface area contributed by atoms with Gasteiger partial charge in [-0.25, -0.2) is 4.79 Å². The Morgan fingerprint density at radius 3 is 2.21 bits per heavy atom. The monoisotopic (exact) mass is 423 g/mol. The molecular formula is C23H15Cl2NO3. The molecule has 4 nitrogen and oxygen atoms in total. The average Bonchev–Trinajstić information content (AvgIpc) is 2.74. The number of allylic oxidation sites excluding steroid dienone is 1. The molecule has 0 aliphatic carbocycles. The van der Waals surface area contributed by atoms with E-state index in [0.29, 0.717) is 33.5 Å². The van der Waals surface area contributed by atoms with Crippen molar-refractivity contribution in [1.82, 2.24) is 0 Å². The van der Waals surface area contributed by atoms with E-state index in [0.717, 1.165) is 11.1 Å². The summed E-state index contributed by atoms with van der Waals surface area (Å²) in [5.41, 5.74) is 2.99. The Morgan fingerprint density at radius 2 is 1.62 bits per heavy atom. The molecule has 3 rings (SSSR count). The lowest BCUT2D eigenvalue weighted by Crippen LogP contribution is -1.96. The molecule has 0 amide bonds. The second kappa shape index (κ2) is 9.29. The topological polar surface area (TPSA) is 70.3 Å². The zero-order valence-corrected chi connectivity index (χ0v) is 16.6. The number of carboxylic acids is 1. The van der Waals surface area contributed by atoms with Gasteiger partial charge in [-0.15, -0.1) is 0 Å². The van der Waals surface area contributed by atoms with Gasteiger partial charge in [-0.2, -0.15) is 5.26 Å². The van der Waals surface area contributed by atoms with Crippen LogP contribution >= 0.6 is 23.2 Å². The normalized spacial score (nSPS) is 11.0. The van der Waals surface area contributed by atoms with Gasteiger partial charge in [0.1, 0.15) is 12.4 Å². The number of rotatable bonds is 6. The van der Waals surface area contributed by atoms with Crippen LogP contribution in [-0.4, -0.2) is 11.1 Å². The quantitative estimate of drug-likeness (QED) is 0.371. The maximum absolute atomic E-state index is 10.9. The highest BCUT2D eigenvalue weighted by Crippen LogP contribution is 2.24. The van der Waals surface area contributed by atoms with Gasteiger partial charge in [-0.1, -0.05) is 53.5 Å². The van der Waals surface area contributed by atoms with Crippen molar-refractivity contribution in [3.05, 3.63) is 99.0 Å². The predicted molar refractivity (Wildman–Crippen MR) is 114 cm³/mol. The van der Waals surface area contributed by atoms with E-state index in [1.54, 1.807) is 30.3 Å². The zero-order valence-electron chi connectivity index (χ0n) is 15.1. The maximum atomic E-state index is 10.9. The molecule has 0 aromatic heterocycles. The maximum Gasteiger partial charge on any atom is 0.335 e. The second-order valence-electron chi connectivity index (χ2n) is 6.16. The first-order valence-corrected chi connectivity index (χ1v) is 9.34. The summed E-state index contributed by atoms with van der Waals surface area (Å²) < 4.78 is 5.75. The number of ether oxygens (including phenoxy) is 1. The number of nitriles is 1. The van der Waals surface area contributed by atoms with Gasteiger partial charge in [0.15, 0.2) is 0 Å². The fraction of sp³-hybridized carbons (Fsp3) is 0.0435. The van der Waals surface area contributed by atoms with E-state index in [2.05, 4.69) is 6.07 Å². The van der Waals surface area contributed by atoms with E-state index in [1.165, 1.54) is 12.1 Å². The number of nitrogens with zero attached hydrogens (tertiary/aromatic N) is 1. The Labute approximate surface area is 178 Å². The lowest BCUT2D eigenvalue weighted by molar-refractivity contribution is 0.0697. The fourth-order valence-corrected chi connectivity index (χ4v) is 2.92. The predicted octanol–water partition coefficient (Wildman–Crippen LogP) is 6.33. The fourth-order valence-electron chi connectivity index (χ4n) is 2.60. The summed E-state index contributed by atoms with van der Waals surface area (Å²) in [5.74, 6) is -0.326. The number of benzene rings is 3. The summed E-state index contributed by atoms with van der Waals surface area (Å²) in [6, 6.07) is 21.0. The number of carboxylic acid groups (broad SMARTS) is 1. The first-order chi connectivity index (χ1) is 14.0. The van der Waals surface area contributed by atoms with Gasteiger partial charge >= 0.3 is 5.97 Å². The Balaban J connectivity index is 1.70. The molecule has 144 valence electrons. The number of hydrogen-bond donors (Lipinski definition) is 1. The third kappa shape index (κ3) is 5.39. The highest BCUT2D eigenvalue weighted by molar-refractivity contribution is 6.42. The summed E-state index contributed by atoms with van der Waals surface area (Å²) in [5, 5.41) is 19.4. The van der Waals surface area contributed by atoms with E-state index in [9.17, 15) is 10.1 Å². The van der Waals surface area contributed by atoms with Gasteiger partial charge in [0, 0.05) is 0 Å². The molecular weight excluding hydrogens is 409 g/mol. The minimum atomic E-state index is -1.00. The Morgan fingerprint density at radius 1 is 0.966 bits per heavy atom. The smallest absolute Gasteiger partial charge is 0.335 e. The molecule has 6 heteroatoms. The molecule has 0 heterocycles. The SMILES string of the molecule is N#C/C(=C/c1ccc(OCc2ccc(Cl)c(Cl)c2)cc1)c1ccc(C(=O)O)cc1. The molecule has 0 atom stereocenters. The van der Waals surface area contributed by atoms with Crippen LogP contribution in [0.5, 0.6) is 5.75 Å². The van der Waals surface area contributed by atoms with Crippen molar-refractivity contribution in [1.29, 1.82) is 5.26 Å². The largest absolute Gasteiger partial charge is 0.489 e. The molecule has 0 aliphatic heterocycles. The first-order valence-electron chi connectivity index (χ1n) is 8.58. The van der Waals surface area contributed by atoms with E-state index >= 15 is 0 Å². The summed E-state index contributed by atoms with van der Waals surface area (Å²) in [6.45, 7) is 0.353. The van der Waals surface area contributed by atoms with Crippen molar-refractivity contribution in [3.8, 4) is 11.8 Å². The first kappa shape index (κ1) is 20.5. The van der Waals surface area contributed by atoms with Crippen molar-refractivity contribution >= 4 is 40.8 Å². The molecule has 3 aromatic rings. The van der Waals surface area contributed by atoms with Gasteiger partial charge in [0.25, 0.3) is 0 Å². The minimum absolute atomic E-state index is 0.175. The van der Waals surface area contributed by atoms with Crippen LogP contribution in [0.15, 0.2) is 66.7 Å². The average molecular weight is 424 g/mol. The zero-order chi connectivity index (χ0) is 20.8. The molecule has 0 spiro atoms. The van der Waals surface area contributed by atoms with E-state index in [1.807, 2.05) is 30.3 Å². The van der Waals surface area contributed by atoms with Gasteiger partial charge < -0.3 is 9.84 Å². The molecule has 1 N–H and O–H groups in total. The highest BCUT2D eigenvalue weighted by Gasteiger charge is 2.06. The molecule has 29 heavy (non-hydrogen) atoms. The standard InChI is InChI=1S/C23H15Cl2NO3/c24-21-10-3-16(12-22(21)25)14-29-20-8-1-15(2-9-20)11-19(13-26)17-4-6-18(7-5-17)23(27)28/h1-12H,14H2,(H,27,28)/b19-11-. The summed E-state index contributed by atoms with van der Waals surface area (Å²) in [7, 11) is 0. The minimum Gasteiger partial charge on any atom is -0.489 e. The van der Waals surface area contributed by atoms with Crippen LogP contribution in [0.4, 0.5) is 0 Å². The molecule has 0 saturated heterocycles. The van der Waals surface area contributed by atoms with Gasteiger partial charge in [0.05, 0.1) is 27.3 Å². The molecule has 0 bridgehead atoms. The molecule has 0 radical (unpaired) electrons. The van der Waals surface area contributed by atoms with Gasteiger partial charge in [-0.3, -0.25) is 0 Å². The van der Waals surface area contributed by atoms with Crippen molar-refractivity contribution in [3.63, 3.8) is 0 Å². The van der Waals surface area contributed by atoms with Gasteiger partial charge in [0.2, 0.25) is 0 Å². The number of halogens is 2. The van der Waals surface area contributed by atoms with Crippen molar-refractivity contribution in [2.45, 2.75) is 6.61 Å². The number of hydrogen-bond acceptors (Lipinski definition) is 3. The Kier molecular flexibility index (Phi) is 6.56. The molecule has 0 unspecified atom stereocenters. The molecule has 3 aromatic carbocycles. The molecule has 0 saturated carbocycles. The lowest BCUT2D eigenvalue weighted by Gasteiger charge is -2.08. The van der Waals surface area contributed by atoms with Crippen LogP contribution < -0.4 is 4.74 Å². The second-order valence-corrected chi connectivity index (χ2v) is 6.97. The van der Waals surface area contributed by atoms with Crippen LogP contribution in [0.1, 0.15) is 27.0 Å². The number of carbonyl (C=O) groups is 1. The highest BCUT2D eigenvalue weighted by atomic mass is 35.5. The van der Waals surface area contributed by atoms with Gasteiger partial charge in [-0.05, 0) is 59.2 Å². The summed E-state index contributed by atoms with van der Waals surface area (Å²) >= 11 is 11.9. The third-order valence-corrected chi connectivity index (χ3v) is 4.88. The van der Waals surface area contributed by atoms with E-state index in [-0.39, 0.29) is 5.56 Å². The van der Waals surface area contributed by atoms with Crippen LogP contribution in [0.3, 0.4) is 0 Å². The summed E-state index contributed by atoms with van der Waals surface area (Å²) in [4.78, 5) is 10.9. The van der Waals surface area contributed by atoms with E-state index in [4.69, 9.17) is 33.0 Å². The molecule has 0 aliphatic rings. The number of aromatic carboxylic acids is 1. The summed E-state index contributed by atoms with van der Waals surface area (Å²) in [6.07, 6.45) is 1.73. The van der Waals surface area contributed by atoms with E-state index < -0.39 is 5.97 Å². The Bertz CT molecular complexity index is 1100. The van der Waals surface area contributed by atoms with Crippen molar-refractivity contribution in [2.24, 2.45) is 0 Å². The third-order valence-electron chi connectivity index (χ3n) is 4.14. The lowest BCUT2D eigenvalue weighted by atomic mass is 10.0. The van der Waals surface area contributed by atoms with Crippen LogP contribution in [0.2, 0.25) is 10.0 Å². The van der Waals surface area contributed by atoms with Crippen LogP contribution in [0, 0.1) is 11.3 Å². The van der Waals surface area contributed by atoms with Crippen molar-refractivity contribution in [2.75, 3.05) is 0 Å². The molecule has 0 fully saturated rings. The van der Waals surface area contributed by atoms with Crippen molar-refractivity contribution < 1.29 is 14.6 Å². The van der Waals surface area contributed by atoms with Crippen LogP contribution in [-0.2, 0) is 6.61 Å². The Hall–Kier alpha value is -3.26.